The van der Waals surface area contributed by atoms with Gasteiger partial charge in [-0.15, -0.1) is 0 Å². The fourth-order valence-corrected chi connectivity index (χ4v) is 4.20. The van der Waals surface area contributed by atoms with E-state index in [2.05, 4.69) is 25.8 Å². The van der Waals surface area contributed by atoms with Crippen molar-refractivity contribution in [2.24, 2.45) is 4.99 Å². The van der Waals surface area contributed by atoms with Crippen LogP contribution >= 0.6 is 0 Å². The van der Waals surface area contributed by atoms with Gasteiger partial charge in [-0.2, -0.15) is 0 Å². The minimum absolute atomic E-state index is 0.122. The third-order valence-electron chi connectivity index (χ3n) is 5.75. The third-order valence-corrected chi connectivity index (χ3v) is 5.75. The van der Waals surface area contributed by atoms with E-state index in [0.29, 0.717) is 19.0 Å². The van der Waals surface area contributed by atoms with E-state index in [9.17, 15) is 4.79 Å². The van der Waals surface area contributed by atoms with E-state index in [1.165, 1.54) is 32.1 Å². The van der Waals surface area contributed by atoms with E-state index in [-0.39, 0.29) is 11.9 Å². The summed E-state index contributed by atoms with van der Waals surface area (Å²) in [6.07, 6.45) is 10.7. The topological polar surface area (TPSA) is 81.9 Å². The van der Waals surface area contributed by atoms with E-state index < -0.39 is 0 Å². The van der Waals surface area contributed by atoms with Crippen LogP contribution in [0.25, 0.3) is 0 Å². The highest BCUT2D eigenvalue weighted by Gasteiger charge is 2.24. The number of nitrogens with one attached hydrogen (secondary N) is 3. The van der Waals surface area contributed by atoms with Crippen LogP contribution in [-0.4, -0.2) is 56.0 Å². The van der Waals surface area contributed by atoms with E-state index >= 15 is 0 Å². The molecular formula is C21H35N5O2. The van der Waals surface area contributed by atoms with Gasteiger partial charge in [-0.05, 0) is 50.9 Å². The predicted octanol–water partition coefficient (Wildman–Crippen LogP) is 2.42. The van der Waals surface area contributed by atoms with Crippen LogP contribution in [0.5, 0.6) is 0 Å². The molecule has 1 aromatic rings. The van der Waals surface area contributed by atoms with Crippen molar-refractivity contribution in [2.45, 2.75) is 63.5 Å². The Hall–Kier alpha value is -2.02. The number of guanidine groups is 1. The van der Waals surface area contributed by atoms with Gasteiger partial charge in [0, 0.05) is 32.6 Å². The van der Waals surface area contributed by atoms with Crippen molar-refractivity contribution in [3.05, 3.63) is 24.2 Å². The molecule has 1 saturated carbocycles. The van der Waals surface area contributed by atoms with Crippen LogP contribution in [0.2, 0.25) is 0 Å². The zero-order valence-electron chi connectivity index (χ0n) is 17.1. The minimum Gasteiger partial charge on any atom is -0.468 e. The zero-order chi connectivity index (χ0) is 19.6. The van der Waals surface area contributed by atoms with Crippen LogP contribution in [0.1, 0.15) is 63.2 Å². The molecule has 7 nitrogen and oxygen atoms in total. The van der Waals surface area contributed by atoms with E-state index in [1.807, 2.05) is 12.1 Å². The molecule has 0 bridgehead atoms. The minimum atomic E-state index is 0.122. The summed E-state index contributed by atoms with van der Waals surface area (Å²) in [5.74, 6) is 1.83. The zero-order valence-corrected chi connectivity index (χ0v) is 17.1. The van der Waals surface area contributed by atoms with Gasteiger partial charge >= 0.3 is 0 Å². The summed E-state index contributed by atoms with van der Waals surface area (Å²) in [5, 5.41) is 9.79. The molecule has 1 saturated heterocycles. The molecule has 1 atom stereocenters. The Bertz CT molecular complexity index is 604. The Kier molecular flexibility index (Phi) is 8.21. The number of furan rings is 1. The SMILES string of the molecule is CN=C(NCCC(=O)NC1CCCC1)NCC(c1ccco1)N1CCCCC1. The summed E-state index contributed by atoms with van der Waals surface area (Å²) in [4.78, 5) is 18.9. The molecule has 1 aliphatic heterocycles. The number of rotatable bonds is 8. The second-order valence-electron chi connectivity index (χ2n) is 7.81. The first-order valence-electron chi connectivity index (χ1n) is 10.8. The molecule has 1 unspecified atom stereocenters. The maximum Gasteiger partial charge on any atom is 0.221 e. The van der Waals surface area contributed by atoms with Crippen LogP contribution < -0.4 is 16.0 Å². The van der Waals surface area contributed by atoms with Gasteiger partial charge in [-0.3, -0.25) is 14.7 Å². The van der Waals surface area contributed by atoms with Crippen molar-refractivity contribution >= 4 is 11.9 Å². The monoisotopic (exact) mass is 389 g/mol. The van der Waals surface area contributed by atoms with Crippen molar-refractivity contribution in [1.29, 1.82) is 0 Å². The molecule has 2 aliphatic rings. The highest BCUT2D eigenvalue weighted by molar-refractivity contribution is 5.81. The maximum absolute atomic E-state index is 12.1. The maximum atomic E-state index is 12.1. The van der Waals surface area contributed by atoms with Crippen molar-refractivity contribution < 1.29 is 9.21 Å². The number of nitrogens with zero attached hydrogens (tertiary/aromatic N) is 2. The molecule has 1 amide bonds. The van der Waals surface area contributed by atoms with Gasteiger partial charge in [0.1, 0.15) is 5.76 Å². The summed E-state index contributed by atoms with van der Waals surface area (Å²) in [5.41, 5.74) is 0. The summed E-state index contributed by atoms with van der Waals surface area (Å²) < 4.78 is 5.70. The van der Waals surface area contributed by atoms with Crippen LogP contribution in [0.4, 0.5) is 0 Å². The Morgan fingerprint density at radius 1 is 1.21 bits per heavy atom. The van der Waals surface area contributed by atoms with Crippen LogP contribution in [0.15, 0.2) is 27.8 Å². The highest BCUT2D eigenvalue weighted by Crippen LogP contribution is 2.24. The second-order valence-corrected chi connectivity index (χ2v) is 7.81. The molecule has 3 N–H and O–H groups in total. The first-order valence-corrected chi connectivity index (χ1v) is 10.8. The first kappa shape index (κ1) is 20.7. The smallest absolute Gasteiger partial charge is 0.221 e. The number of carbonyl (C=O) groups excluding carboxylic acids is 1. The lowest BCUT2D eigenvalue weighted by atomic mass is 10.1. The molecule has 1 aromatic heterocycles. The number of carbonyl (C=O) groups is 1. The number of likely N-dealkylation sites (tertiary alicyclic amines) is 1. The van der Waals surface area contributed by atoms with Crippen molar-refractivity contribution in [2.75, 3.05) is 33.2 Å². The average molecular weight is 390 g/mol. The molecule has 28 heavy (non-hydrogen) atoms. The number of aliphatic imine (C=N–C) groups is 1. The molecule has 0 aromatic carbocycles. The van der Waals surface area contributed by atoms with Gasteiger partial charge in [-0.25, -0.2) is 0 Å². The van der Waals surface area contributed by atoms with Gasteiger partial charge in [0.15, 0.2) is 5.96 Å². The fourth-order valence-electron chi connectivity index (χ4n) is 4.20. The lowest BCUT2D eigenvalue weighted by Gasteiger charge is -2.33. The normalized spacial score (nSPS) is 20.1. The molecule has 3 rings (SSSR count). The summed E-state index contributed by atoms with van der Waals surface area (Å²) in [7, 11) is 1.76. The van der Waals surface area contributed by atoms with Gasteiger partial charge in [0.2, 0.25) is 5.91 Å². The number of hydrogen-bond acceptors (Lipinski definition) is 4. The molecule has 1 aliphatic carbocycles. The second kappa shape index (κ2) is 11.1. The van der Waals surface area contributed by atoms with E-state index in [1.54, 1.807) is 13.3 Å². The Balaban J connectivity index is 1.43. The van der Waals surface area contributed by atoms with Gasteiger partial charge in [0.05, 0.1) is 12.3 Å². The van der Waals surface area contributed by atoms with Gasteiger partial charge < -0.3 is 20.4 Å². The molecule has 156 valence electrons. The van der Waals surface area contributed by atoms with Crippen LogP contribution in [0.3, 0.4) is 0 Å². The van der Waals surface area contributed by atoms with Gasteiger partial charge in [-0.1, -0.05) is 19.3 Å². The van der Waals surface area contributed by atoms with Crippen molar-refractivity contribution in [3.63, 3.8) is 0 Å². The third kappa shape index (κ3) is 6.26. The van der Waals surface area contributed by atoms with Crippen molar-refractivity contribution in [3.8, 4) is 0 Å². The number of amides is 1. The summed E-state index contributed by atoms with van der Waals surface area (Å²) in [6.45, 7) is 3.50. The van der Waals surface area contributed by atoms with Crippen LogP contribution in [-0.2, 0) is 4.79 Å². The van der Waals surface area contributed by atoms with Crippen molar-refractivity contribution in [1.82, 2.24) is 20.9 Å². The quantitative estimate of drug-likeness (QED) is 0.470. The molecular weight excluding hydrogens is 354 g/mol. The van der Waals surface area contributed by atoms with E-state index in [4.69, 9.17) is 4.42 Å². The molecule has 0 radical (unpaired) electrons. The van der Waals surface area contributed by atoms with Gasteiger partial charge in [0.25, 0.3) is 0 Å². The Morgan fingerprint density at radius 3 is 2.68 bits per heavy atom. The summed E-state index contributed by atoms with van der Waals surface area (Å²) >= 11 is 0. The summed E-state index contributed by atoms with van der Waals surface area (Å²) in [6, 6.07) is 4.57. The molecule has 7 heteroatoms. The fraction of sp³-hybridized carbons (Fsp3) is 0.714. The predicted molar refractivity (Wildman–Crippen MR) is 111 cm³/mol. The lowest BCUT2D eigenvalue weighted by Crippen LogP contribution is -2.45. The Labute approximate surface area is 168 Å². The number of piperidine rings is 1. The average Bonchev–Trinajstić information content (AvgIpc) is 3.42. The van der Waals surface area contributed by atoms with E-state index in [0.717, 1.165) is 44.2 Å². The Morgan fingerprint density at radius 2 is 2.00 bits per heavy atom. The lowest BCUT2D eigenvalue weighted by molar-refractivity contribution is -0.121. The standard InChI is InChI=1S/C21H35N5O2/c1-22-21(23-12-11-20(27)25-17-8-3-4-9-17)24-16-18(19-10-7-15-28-19)26-13-5-2-6-14-26/h7,10,15,17-18H,2-6,8-9,11-14,16H2,1H3,(H,25,27)(H2,22,23,24). The largest absolute Gasteiger partial charge is 0.468 e. The van der Waals surface area contributed by atoms with Crippen LogP contribution in [0, 0.1) is 0 Å². The molecule has 2 fully saturated rings. The highest BCUT2D eigenvalue weighted by atomic mass is 16.3. The number of hydrogen-bond donors (Lipinski definition) is 3. The molecule has 2 heterocycles. The molecule has 0 spiro atoms. The first-order chi connectivity index (χ1) is 13.8.